The smallest absolute Gasteiger partial charge is 0.330 e. The van der Waals surface area contributed by atoms with Crippen molar-refractivity contribution in [3.63, 3.8) is 0 Å². The van der Waals surface area contributed by atoms with Gasteiger partial charge in [0.1, 0.15) is 24.5 Å². The van der Waals surface area contributed by atoms with Crippen LogP contribution in [0.5, 0.6) is 23.0 Å². The minimum atomic E-state index is -0.796. The lowest BCUT2D eigenvalue weighted by atomic mass is 9.92. The van der Waals surface area contributed by atoms with E-state index < -0.39 is 24.0 Å². The van der Waals surface area contributed by atoms with E-state index in [9.17, 15) is 9.59 Å². The Kier molecular flexibility index (Phi) is 18.0. The third-order valence-electron chi connectivity index (χ3n) is 9.80. The van der Waals surface area contributed by atoms with Gasteiger partial charge in [-0.05, 0) is 67.7 Å². The maximum absolute atomic E-state index is 14.5. The summed E-state index contributed by atoms with van der Waals surface area (Å²) in [6.07, 6.45) is 6.27. The Morgan fingerprint density at radius 3 is 2.34 bits per heavy atom. The Balaban J connectivity index is 1.59. The van der Waals surface area contributed by atoms with Gasteiger partial charge in [0.25, 0.3) is 0 Å². The van der Waals surface area contributed by atoms with E-state index in [1.807, 2.05) is 43.3 Å². The van der Waals surface area contributed by atoms with Gasteiger partial charge in [0, 0.05) is 37.7 Å². The fourth-order valence-corrected chi connectivity index (χ4v) is 7.61. The first kappa shape index (κ1) is 44.1. The summed E-state index contributed by atoms with van der Waals surface area (Å²) in [4.78, 5) is 32.8. The van der Waals surface area contributed by atoms with E-state index in [4.69, 9.17) is 37.9 Å². The highest BCUT2D eigenvalue weighted by Crippen LogP contribution is 2.41. The minimum absolute atomic E-state index is 0.203. The lowest BCUT2D eigenvalue weighted by molar-refractivity contribution is -0.159. The van der Waals surface area contributed by atoms with Crippen molar-refractivity contribution in [3.05, 3.63) is 96.0 Å². The third-order valence-corrected chi connectivity index (χ3v) is 10.8. The second-order valence-electron chi connectivity index (χ2n) is 13.4. The predicted octanol–water partition coefficient (Wildman–Crippen LogP) is 6.73. The zero-order valence-electron chi connectivity index (χ0n) is 33.7. The molecule has 0 bridgehead atoms. The Morgan fingerprint density at radius 2 is 1.70 bits per heavy atom. The molecule has 0 N–H and O–H groups in total. The molecule has 0 aliphatic carbocycles. The highest BCUT2D eigenvalue weighted by atomic mass is 32.2. The first-order valence-corrected chi connectivity index (χ1v) is 20.0. The molecule has 0 radical (unpaired) electrons. The van der Waals surface area contributed by atoms with Gasteiger partial charge >= 0.3 is 5.97 Å². The molecule has 3 unspecified atom stereocenters. The largest absolute Gasteiger partial charge is 0.494 e. The van der Waals surface area contributed by atoms with Crippen molar-refractivity contribution in [2.45, 2.75) is 44.2 Å². The van der Waals surface area contributed by atoms with Crippen LogP contribution in [-0.2, 0) is 28.5 Å². The Bertz CT molecular complexity index is 1660. The number of esters is 1. The molecule has 2 aliphatic heterocycles. The molecule has 306 valence electrons. The summed E-state index contributed by atoms with van der Waals surface area (Å²) in [7, 11) is 7.70. The van der Waals surface area contributed by atoms with Crippen LogP contribution in [0.25, 0.3) is 0 Å². The predicted molar refractivity (Wildman–Crippen MR) is 219 cm³/mol. The second kappa shape index (κ2) is 22.8. The molecule has 2 aromatic carbocycles. The minimum Gasteiger partial charge on any atom is -0.494 e. The van der Waals surface area contributed by atoms with E-state index in [0.717, 1.165) is 44.0 Å². The van der Waals surface area contributed by atoms with E-state index in [0.29, 0.717) is 84.0 Å². The zero-order chi connectivity index (χ0) is 40.5. The van der Waals surface area contributed by atoms with Gasteiger partial charge in [0.15, 0.2) is 23.0 Å². The molecule has 2 heterocycles. The van der Waals surface area contributed by atoms with E-state index in [1.165, 1.54) is 28.4 Å². The van der Waals surface area contributed by atoms with Gasteiger partial charge in [-0.2, -0.15) is 11.8 Å². The Morgan fingerprint density at radius 1 is 0.964 bits per heavy atom. The molecule has 12 nitrogen and oxygen atoms in total. The number of nitrogens with zero attached hydrogens (tertiary/aromatic N) is 2. The van der Waals surface area contributed by atoms with Gasteiger partial charge in [-0.3, -0.25) is 9.69 Å². The molecule has 0 spiro atoms. The van der Waals surface area contributed by atoms with Crippen LogP contribution in [-0.4, -0.2) is 121 Å². The maximum atomic E-state index is 14.5. The lowest BCUT2D eigenvalue weighted by Gasteiger charge is -2.37. The number of allylic oxidation sites excluding steroid dienone is 4. The summed E-state index contributed by atoms with van der Waals surface area (Å²) < 4.78 is 45.4. The summed E-state index contributed by atoms with van der Waals surface area (Å²) in [5.74, 6) is 2.71. The van der Waals surface area contributed by atoms with Gasteiger partial charge in [-0.15, -0.1) is 6.58 Å². The fourth-order valence-electron chi connectivity index (χ4n) is 6.58. The average molecular weight is 795 g/mol. The average Bonchev–Trinajstić information content (AvgIpc) is 3.23. The number of ether oxygens (including phenoxy) is 8. The van der Waals surface area contributed by atoms with Crippen LogP contribution in [0.15, 0.2) is 84.9 Å². The molecule has 4 rings (SSSR count). The molecule has 13 heteroatoms. The first-order valence-electron chi connectivity index (χ1n) is 18.8. The van der Waals surface area contributed by atoms with Gasteiger partial charge in [0.05, 0.1) is 54.7 Å². The van der Waals surface area contributed by atoms with Crippen molar-refractivity contribution in [1.82, 2.24) is 9.80 Å². The summed E-state index contributed by atoms with van der Waals surface area (Å²) in [5.41, 5.74) is 2.50. The Labute approximate surface area is 336 Å². The van der Waals surface area contributed by atoms with E-state index in [2.05, 4.69) is 18.1 Å². The molecule has 2 saturated heterocycles. The number of methoxy groups -OCH3 is 5. The highest BCUT2D eigenvalue weighted by Gasteiger charge is 2.38. The molecule has 2 aliphatic rings. The molecule has 2 fully saturated rings. The summed E-state index contributed by atoms with van der Waals surface area (Å²) in [6, 6.07) is 10.5. The Hall–Kier alpha value is -4.59. The molecule has 0 saturated carbocycles. The number of hydrogen-bond donors (Lipinski definition) is 0. The zero-order valence-corrected chi connectivity index (χ0v) is 34.5. The summed E-state index contributed by atoms with van der Waals surface area (Å²) in [6.45, 7) is 14.7. The molecular formula is C43H58N2O10S. The van der Waals surface area contributed by atoms with Gasteiger partial charge in [0.2, 0.25) is 11.7 Å². The van der Waals surface area contributed by atoms with Crippen LogP contribution in [0.4, 0.5) is 0 Å². The van der Waals surface area contributed by atoms with Crippen molar-refractivity contribution >= 4 is 23.6 Å². The van der Waals surface area contributed by atoms with Crippen molar-refractivity contribution in [2.24, 2.45) is 0 Å². The van der Waals surface area contributed by atoms with E-state index in [-0.39, 0.29) is 5.91 Å². The lowest BCUT2D eigenvalue weighted by Crippen LogP contribution is -2.52. The monoisotopic (exact) mass is 794 g/mol. The highest BCUT2D eigenvalue weighted by molar-refractivity contribution is 7.99. The number of carbonyl (C=O) groups excluding carboxylic acids is 2. The van der Waals surface area contributed by atoms with Gasteiger partial charge < -0.3 is 42.8 Å². The number of carbonyl (C=O) groups is 2. The molecule has 3 atom stereocenters. The van der Waals surface area contributed by atoms with Crippen LogP contribution in [0.2, 0.25) is 0 Å². The molecule has 2 aromatic rings. The molecular weight excluding hydrogens is 737 g/mol. The van der Waals surface area contributed by atoms with Gasteiger partial charge in [-0.25, -0.2) is 4.79 Å². The first-order chi connectivity index (χ1) is 27.2. The molecule has 0 aromatic heterocycles. The van der Waals surface area contributed by atoms with Crippen LogP contribution < -0.4 is 18.9 Å². The molecule has 56 heavy (non-hydrogen) atoms. The van der Waals surface area contributed by atoms with Gasteiger partial charge in [-0.1, -0.05) is 36.4 Å². The quantitative estimate of drug-likeness (QED) is 0.0578. The summed E-state index contributed by atoms with van der Waals surface area (Å²) >= 11 is 1.62. The van der Waals surface area contributed by atoms with Crippen LogP contribution in [0, 0.1) is 0 Å². The number of amides is 1. The fraction of sp³-hybridized carbons (Fsp3) is 0.488. The number of morpholine rings is 1. The van der Waals surface area contributed by atoms with Crippen molar-refractivity contribution in [1.29, 1.82) is 0 Å². The SMILES string of the molecule is C=CCC(C(=O)N1CCSCC1C(=O)OC(CCC(C)=CC=C(OC)C(=C)OC)c1cccc(OCCN2CCOCC2)c1)c1cc(OC)c(OC)c(OC)c1. The number of thioether (sulfide) groups is 1. The standard InChI is InChI=1S/C43H58N2O10S/c1-9-11-35(33-27-39(50-6)41(52-8)40(28-33)51-7)42(46)45-21-25-56-29-36(45)43(47)55-38(17-15-30(2)14-16-37(49-5)31(3)48-4)32-12-10-13-34(26-32)54-24-20-44-18-22-53-23-19-44/h9-10,12-14,16,26-28,35-36,38H,1,3,11,15,17-25,29H2,2,4-8H3. The van der Waals surface area contributed by atoms with Crippen molar-refractivity contribution in [2.75, 3.05) is 93.1 Å². The number of hydrogen-bond acceptors (Lipinski definition) is 12. The van der Waals surface area contributed by atoms with E-state index in [1.54, 1.807) is 42.0 Å². The van der Waals surface area contributed by atoms with Crippen molar-refractivity contribution in [3.8, 4) is 23.0 Å². The topological polar surface area (TPSA) is 114 Å². The molecule has 1 amide bonds. The van der Waals surface area contributed by atoms with Crippen LogP contribution in [0.1, 0.15) is 49.3 Å². The van der Waals surface area contributed by atoms with Crippen LogP contribution >= 0.6 is 11.8 Å². The van der Waals surface area contributed by atoms with E-state index >= 15 is 0 Å². The normalized spacial score (nSPS) is 17.6. The maximum Gasteiger partial charge on any atom is 0.330 e. The van der Waals surface area contributed by atoms with Crippen LogP contribution in [0.3, 0.4) is 0 Å². The second-order valence-corrected chi connectivity index (χ2v) is 14.5. The summed E-state index contributed by atoms with van der Waals surface area (Å²) in [5, 5.41) is 0. The third kappa shape index (κ3) is 12.2. The van der Waals surface area contributed by atoms with Crippen molar-refractivity contribution < 1.29 is 47.5 Å². The number of rotatable bonds is 21. The number of benzene rings is 2.